The molecular formula is C10H6F3NO3. The zero-order valence-corrected chi connectivity index (χ0v) is 8.50. The molecule has 0 aliphatic heterocycles. The van der Waals surface area contributed by atoms with Crippen molar-refractivity contribution in [1.29, 1.82) is 0 Å². The minimum absolute atomic E-state index is 0.0491. The predicted molar refractivity (Wildman–Crippen MR) is 50.7 cm³/mol. The average Bonchev–Trinajstić information content (AvgIpc) is 2.54. The van der Waals surface area contributed by atoms with Gasteiger partial charge in [-0.1, -0.05) is 0 Å². The summed E-state index contributed by atoms with van der Waals surface area (Å²) in [7, 11) is 0. The maximum absolute atomic E-state index is 12.7. The monoisotopic (exact) mass is 245 g/mol. The number of hydrogen-bond donors (Lipinski definition) is 1. The van der Waals surface area contributed by atoms with Gasteiger partial charge in [0.25, 0.3) is 0 Å². The van der Waals surface area contributed by atoms with Gasteiger partial charge in [-0.15, -0.1) is 0 Å². The van der Waals surface area contributed by atoms with Crippen LogP contribution in [-0.4, -0.2) is 16.1 Å². The highest BCUT2D eigenvalue weighted by atomic mass is 19.4. The molecule has 2 aromatic rings. The number of halogens is 3. The lowest BCUT2D eigenvalue weighted by molar-refractivity contribution is -0.136. The molecule has 0 bridgehead atoms. The number of rotatable bonds is 1. The second-order valence-corrected chi connectivity index (χ2v) is 3.41. The molecule has 0 saturated heterocycles. The van der Waals surface area contributed by atoms with Crippen molar-refractivity contribution in [3.05, 3.63) is 29.2 Å². The standard InChI is InChI=1S/C10H6F3NO3/c1-4-14-7-3-5(9(15)16)2-6(8(7)17-4)10(11,12)13/h2-3H,1H3,(H,15,16). The molecule has 2 rings (SSSR count). The SMILES string of the molecule is Cc1nc2cc(C(=O)O)cc(C(F)(F)F)c2o1. The maximum atomic E-state index is 12.7. The van der Waals surface area contributed by atoms with Crippen molar-refractivity contribution < 1.29 is 27.5 Å². The fraction of sp³-hybridized carbons (Fsp3) is 0.200. The van der Waals surface area contributed by atoms with E-state index in [2.05, 4.69) is 4.98 Å². The third kappa shape index (κ3) is 1.95. The average molecular weight is 245 g/mol. The van der Waals surface area contributed by atoms with Gasteiger partial charge >= 0.3 is 12.1 Å². The van der Waals surface area contributed by atoms with Crippen molar-refractivity contribution in [2.45, 2.75) is 13.1 Å². The number of benzene rings is 1. The van der Waals surface area contributed by atoms with Crippen LogP contribution in [0.3, 0.4) is 0 Å². The molecule has 90 valence electrons. The molecule has 0 aliphatic carbocycles. The Morgan fingerprint density at radius 1 is 1.41 bits per heavy atom. The summed E-state index contributed by atoms with van der Waals surface area (Å²) in [5, 5.41) is 8.72. The topological polar surface area (TPSA) is 63.3 Å². The second-order valence-electron chi connectivity index (χ2n) is 3.41. The van der Waals surface area contributed by atoms with Crippen molar-refractivity contribution in [2.75, 3.05) is 0 Å². The summed E-state index contributed by atoms with van der Waals surface area (Å²) in [6, 6.07) is 1.58. The second kappa shape index (κ2) is 3.47. The molecule has 0 atom stereocenters. The molecule has 1 heterocycles. The van der Waals surface area contributed by atoms with Gasteiger partial charge in [-0.2, -0.15) is 13.2 Å². The fourth-order valence-corrected chi connectivity index (χ4v) is 1.48. The normalized spacial score (nSPS) is 12.0. The van der Waals surface area contributed by atoms with Gasteiger partial charge in [0.2, 0.25) is 0 Å². The minimum atomic E-state index is -4.68. The van der Waals surface area contributed by atoms with Crippen LogP contribution >= 0.6 is 0 Å². The number of carboxylic acids is 1. The first-order valence-electron chi connectivity index (χ1n) is 4.50. The summed E-state index contributed by atoms with van der Waals surface area (Å²) in [6.45, 7) is 1.39. The number of fused-ring (bicyclic) bond motifs is 1. The number of oxazole rings is 1. The Kier molecular flexibility index (Phi) is 2.34. The van der Waals surface area contributed by atoms with E-state index >= 15 is 0 Å². The zero-order chi connectivity index (χ0) is 12.8. The summed E-state index contributed by atoms with van der Waals surface area (Å²) >= 11 is 0. The van der Waals surface area contributed by atoms with E-state index in [0.717, 1.165) is 6.07 Å². The molecule has 1 aromatic carbocycles. The number of hydrogen-bond acceptors (Lipinski definition) is 3. The van der Waals surface area contributed by atoms with Crippen LogP contribution in [0, 0.1) is 6.92 Å². The number of aromatic nitrogens is 1. The minimum Gasteiger partial charge on any atom is -0.478 e. The van der Waals surface area contributed by atoms with Crippen LogP contribution in [0.15, 0.2) is 16.5 Å². The first kappa shape index (κ1) is 11.4. The van der Waals surface area contributed by atoms with Crippen molar-refractivity contribution in [1.82, 2.24) is 4.98 Å². The molecule has 1 aromatic heterocycles. The van der Waals surface area contributed by atoms with E-state index in [-0.39, 0.29) is 11.4 Å². The smallest absolute Gasteiger partial charge is 0.420 e. The van der Waals surface area contributed by atoms with Crippen molar-refractivity contribution in [2.24, 2.45) is 0 Å². The van der Waals surface area contributed by atoms with Gasteiger partial charge in [-0.05, 0) is 12.1 Å². The number of nitrogens with zero attached hydrogens (tertiary/aromatic N) is 1. The summed E-state index contributed by atoms with van der Waals surface area (Å²) in [5.74, 6) is -1.40. The molecule has 0 aliphatic rings. The van der Waals surface area contributed by atoms with Crippen LogP contribution in [0.4, 0.5) is 13.2 Å². The lowest BCUT2D eigenvalue weighted by Gasteiger charge is -2.07. The van der Waals surface area contributed by atoms with E-state index < -0.39 is 28.9 Å². The molecule has 0 radical (unpaired) electrons. The highest BCUT2D eigenvalue weighted by Crippen LogP contribution is 2.36. The van der Waals surface area contributed by atoms with Gasteiger partial charge in [0.1, 0.15) is 11.1 Å². The summed E-state index contributed by atoms with van der Waals surface area (Å²) in [5.41, 5.74) is -2.17. The molecule has 7 heteroatoms. The number of alkyl halides is 3. The van der Waals surface area contributed by atoms with Gasteiger partial charge in [-0.25, -0.2) is 9.78 Å². The number of aromatic carboxylic acids is 1. The Labute approximate surface area is 92.7 Å². The van der Waals surface area contributed by atoms with E-state index in [9.17, 15) is 18.0 Å². The molecule has 4 nitrogen and oxygen atoms in total. The molecule has 0 spiro atoms. The van der Waals surface area contributed by atoms with E-state index in [0.29, 0.717) is 6.07 Å². The summed E-state index contributed by atoms with van der Waals surface area (Å²) in [6.07, 6.45) is -4.68. The van der Waals surface area contributed by atoms with Gasteiger partial charge in [-0.3, -0.25) is 0 Å². The Morgan fingerprint density at radius 3 is 2.59 bits per heavy atom. The number of carbonyl (C=O) groups is 1. The Bertz CT molecular complexity index is 601. The Morgan fingerprint density at radius 2 is 2.06 bits per heavy atom. The molecule has 17 heavy (non-hydrogen) atoms. The van der Waals surface area contributed by atoms with Crippen LogP contribution in [0.2, 0.25) is 0 Å². The molecule has 1 N–H and O–H groups in total. The Hall–Kier alpha value is -2.05. The van der Waals surface area contributed by atoms with Gasteiger partial charge in [0, 0.05) is 6.92 Å². The van der Waals surface area contributed by atoms with Gasteiger partial charge in [0.05, 0.1) is 5.56 Å². The summed E-state index contributed by atoms with van der Waals surface area (Å²) < 4.78 is 42.9. The highest BCUT2D eigenvalue weighted by molar-refractivity contribution is 5.93. The number of aryl methyl sites for hydroxylation is 1. The third-order valence-corrected chi connectivity index (χ3v) is 2.15. The lowest BCUT2D eigenvalue weighted by atomic mass is 10.1. The quantitative estimate of drug-likeness (QED) is 0.838. The van der Waals surface area contributed by atoms with E-state index in [4.69, 9.17) is 9.52 Å². The largest absolute Gasteiger partial charge is 0.478 e. The van der Waals surface area contributed by atoms with Crippen molar-refractivity contribution in [3.63, 3.8) is 0 Å². The van der Waals surface area contributed by atoms with E-state index in [1.54, 1.807) is 0 Å². The van der Waals surface area contributed by atoms with Gasteiger partial charge in [0.15, 0.2) is 11.5 Å². The fourth-order valence-electron chi connectivity index (χ4n) is 1.48. The lowest BCUT2D eigenvalue weighted by Crippen LogP contribution is -2.08. The van der Waals surface area contributed by atoms with Crippen LogP contribution < -0.4 is 0 Å². The van der Waals surface area contributed by atoms with Crippen molar-refractivity contribution in [3.8, 4) is 0 Å². The third-order valence-electron chi connectivity index (χ3n) is 2.15. The molecule has 0 amide bonds. The molecule has 0 unspecified atom stereocenters. The maximum Gasteiger partial charge on any atom is 0.420 e. The first-order chi connectivity index (χ1) is 7.79. The summed E-state index contributed by atoms with van der Waals surface area (Å²) in [4.78, 5) is 14.4. The van der Waals surface area contributed by atoms with Crippen LogP contribution in [0.1, 0.15) is 21.8 Å². The Balaban J connectivity index is 2.82. The van der Waals surface area contributed by atoms with E-state index in [1.807, 2.05) is 0 Å². The van der Waals surface area contributed by atoms with Crippen LogP contribution in [0.25, 0.3) is 11.1 Å². The molecular weight excluding hydrogens is 239 g/mol. The van der Waals surface area contributed by atoms with Crippen LogP contribution in [0.5, 0.6) is 0 Å². The predicted octanol–water partition coefficient (Wildman–Crippen LogP) is 2.85. The van der Waals surface area contributed by atoms with Crippen LogP contribution in [-0.2, 0) is 6.18 Å². The first-order valence-corrected chi connectivity index (χ1v) is 4.50. The van der Waals surface area contributed by atoms with E-state index in [1.165, 1.54) is 6.92 Å². The zero-order valence-electron chi connectivity index (χ0n) is 8.50. The van der Waals surface area contributed by atoms with Crippen molar-refractivity contribution >= 4 is 17.1 Å². The molecule has 0 fully saturated rings. The number of carboxylic acid groups (broad SMARTS) is 1. The van der Waals surface area contributed by atoms with Gasteiger partial charge < -0.3 is 9.52 Å². The molecule has 0 saturated carbocycles. The highest BCUT2D eigenvalue weighted by Gasteiger charge is 2.35.